The number of methoxy groups -OCH3 is 1. The van der Waals surface area contributed by atoms with Gasteiger partial charge in [0, 0.05) is 11.0 Å². The van der Waals surface area contributed by atoms with Gasteiger partial charge in [-0.1, -0.05) is 29.8 Å². The Morgan fingerprint density at radius 3 is 2.55 bits per heavy atom. The predicted molar refractivity (Wildman–Crippen MR) is 82.4 cm³/mol. The van der Waals surface area contributed by atoms with E-state index in [9.17, 15) is 8.42 Å². The Balaban J connectivity index is 2.21. The standard InChI is InChI=1S/C14H20BrNO3S/c1-10(2)14(6-7-14)9-16-20(17,18)13-8-11(15)4-5-12(13)19-3/h4-5,8,10,16H,6-7,9H2,1-3H3. The van der Waals surface area contributed by atoms with E-state index in [4.69, 9.17) is 4.74 Å². The average molecular weight is 362 g/mol. The minimum absolute atomic E-state index is 0.131. The van der Waals surface area contributed by atoms with Crippen LogP contribution in [-0.4, -0.2) is 22.1 Å². The van der Waals surface area contributed by atoms with Crippen LogP contribution < -0.4 is 9.46 Å². The minimum Gasteiger partial charge on any atom is -0.495 e. The van der Waals surface area contributed by atoms with Gasteiger partial charge in [0.05, 0.1) is 7.11 Å². The zero-order chi connectivity index (χ0) is 15.0. The smallest absolute Gasteiger partial charge is 0.244 e. The number of hydrogen-bond donors (Lipinski definition) is 1. The molecule has 4 nitrogen and oxygen atoms in total. The highest BCUT2D eigenvalue weighted by molar-refractivity contribution is 9.10. The molecule has 0 amide bonds. The topological polar surface area (TPSA) is 55.4 Å². The summed E-state index contributed by atoms with van der Waals surface area (Å²) in [5.74, 6) is 0.838. The Labute approximate surface area is 129 Å². The lowest BCUT2D eigenvalue weighted by Crippen LogP contribution is -2.32. The van der Waals surface area contributed by atoms with Crippen molar-refractivity contribution in [2.45, 2.75) is 31.6 Å². The van der Waals surface area contributed by atoms with Gasteiger partial charge in [0.25, 0.3) is 0 Å². The van der Waals surface area contributed by atoms with E-state index in [1.54, 1.807) is 18.2 Å². The van der Waals surface area contributed by atoms with Gasteiger partial charge in [-0.15, -0.1) is 0 Å². The van der Waals surface area contributed by atoms with Gasteiger partial charge in [-0.3, -0.25) is 0 Å². The third-order valence-corrected chi connectivity index (χ3v) is 6.06. The summed E-state index contributed by atoms with van der Waals surface area (Å²) >= 11 is 3.30. The lowest BCUT2D eigenvalue weighted by molar-refractivity contribution is 0.357. The van der Waals surface area contributed by atoms with E-state index < -0.39 is 10.0 Å². The molecule has 0 saturated heterocycles. The first kappa shape index (κ1) is 15.8. The molecule has 0 heterocycles. The van der Waals surface area contributed by atoms with Gasteiger partial charge in [0.2, 0.25) is 10.0 Å². The summed E-state index contributed by atoms with van der Waals surface area (Å²) in [5.41, 5.74) is 0.131. The Bertz CT molecular complexity index is 594. The highest BCUT2D eigenvalue weighted by Crippen LogP contribution is 2.51. The van der Waals surface area contributed by atoms with Gasteiger partial charge in [0.15, 0.2) is 0 Å². The maximum Gasteiger partial charge on any atom is 0.244 e. The lowest BCUT2D eigenvalue weighted by atomic mass is 9.93. The Morgan fingerprint density at radius 2 is 2.05 bits per heavy atom. The van der Waals surface area contributed by atoms with Crippen LogP contribution in [-0.2, 0) is 10.0 Å². The zero-order valence-corrected chi connectivity index (χ0v) is 14.3. The van der Waals surface area contributed by atoms with E-state index in [1.807, 2.05) is 0 Å². The Kier molecular flexibility index (Phi) is 4.47. The average Bonchev–Trinajstić information content (AvgIpc) is 3.18. The minimum atomic E-state index is -3.56. The van der Waals surface area contributed by atoms with Gasteiger partial charge in [-0.05, 0) is 42.4 Å². The molecule has 6 heteroatoms. The maximum absolute atomic E-state index is 12.4. The summed E-state index contributed by atoms with van der Waals surface area (Å²) in [6.07, 6.45) is 2.17. The molecule has 1 aromatic rings. The number of sulfonamides is 1. The highest BCUT2D eigenvalue weighted by atomic mass is 79.9. The first-order valence-electron chi connectivity index (χ1n) is 6.64. The second-order valence-corrected chi connectivity index (χ2v) is 8.29. The maximum atomic E-state index is 12.4. The van der Waals surface area contributed by atoms with Crippen LogP contribution in [0.2, 0.25) is 0 Å². The summed E-state index contributed by atoms with van der Waals surface area (Å²) < 4.78 is 33.5. The molecule has 1 aliphatic carbocycles. The van der Waals surface area contributed by atoms with Crippen molar-refractivity contribution in [1.82, 2.24) is 4.72 Å². The van der Waals surface area contributed by atoms with E-state index >= 15 is 0 Å². The summed E-state index contributed by atoms with van der Waals surface area (Å²) in [7, 11) is -2.09. The van der Waals surface area contributed by atoms with Crippen molar-refractivity contribution < 1.29 is 13.2 Å². The molecule has 1 aromatic carbocycles. The van der Waals surface area contributed by atoms with Gasteiger partial charge >= 0.3 is 0 Å². The van der Waals surface area contributed by atoms with Crippen LogP contribution in [0.1, 0.15) is 26.7 Å². The fraction of sp³-hybridized carbons (Fsp3) is 0.571. The molecule has 0 spiro atoms. The fourth-order valence-corrected chi connectivity index (χ4v) is 4.14. The lowest BCUT2D eigenvalue weighted by Gasteiger charge is -2.20. The molecule has 1 saturated carbocycles. The third-order valence-electron chi connectivity index (χ3n) is 4.15. The highest BCUT2D eigenvalue weighted by Gasteiger charge is 2.45. The molecule has 0 unspecified atom stereocenters. The molecular formula is C14H20BrNO3S. The van der Waals surface area contributed by atoms with Gasteiger partial charge in [-0.25, -0.2) is 13.1 Å². The Hall–Kier alpha value is -0.590. The second kappa shape index (κ2) is 5.66. The van der Waals surface area contributed by atoms with Crippen LogP contribution >= 0.6 is 15.9 Å². The van der Waals surface area contributed by atoms with Crippen molar-refractivity contribution >= 4 is 26.0 Å². The van der Waals surface area contributed by atoms with Crippen molar-refractivity contribution in [3.05, 3.63) is 22.7 Å². The third kappa shape index (κ3) is 3.18. The number of halogens is 1. The van der Waals surface area contributed by atoms with Crippen LogP contribution in [0.5, 0.6) is 5.75 Å². The van der Waals surface area contributed by atoms with Crippen LogP contribution in [0, 0.1) is 11.3 Å². The molecule has 2 rings (SSSR count). The summed E-state index contributed by atoms with van der Waals surface area (Å²) in [6, 6.07) is 4.97. The Morgan fingerprint density at radius 1 is 1.40 bits per heavy atom. The van der Waals surface area contributed by atoms with E-state index in [2.05, 4.69) is 34.5 Å². The largest absolute Gasteiger partial charge is 0.495 e. The molecule has 0 aromatic heterocycles. The summed E-state index contributed by atoms with van der Waals surface area (Å²) in [4.78, 5) is 0.175. The van der Waals surface area contributed by atoms with Crippen LogP contribution in [0.15, 0.2) is 27.6 Å². The predicted octanol–water partition coefficient (Wildman–Crippen LogP) is 3.17. The molecule has 1 fully saturated rings. The molecule has 0 bridgehead atoms. The first-order chi connectivity index (χ1) is 9.31. The van der Waals surface area contributed by atoms with Crippen LogP contribution in [0.4, 0.5) is 0 Å². The van der Waals surface area contributed by atoms with E-state index in [0.29, 0.717) is 22.7 Å². The fourth-order valence-electron chi connectivity index (χ4n) is 2.30. The van der Waals surface area contributed by atoms with E-state index in [0.717, 1.165) is 12.8 Å². The first-order valence-corrected chi connectivity index (χ1v) is 8.91. The van der Waals surface area contributed by atoms with Crippen LogP contribution in [0.25, 0.3) is 0 Å². The van der Waals surface area contributed by atoms with Crippen molar-refractivity contribution in [2.75, 3.05) is 13.7 Å². The molecule has 0 aliphatic heterocycles. The number of rotatable bonds is 6. The van der Waals surface area contributed by atoms with E-state index in [-0.39, 0.29) is 10.3 Å². The van der Waals surface area contributed by atoms with Crippen molar-refractivity contribution in [3.8, 4) is 5.75 Å². The van der Waals surface area contributed by atoms with Crippen molar-refractivity contribution in [3.63, 3.8) is 0 Å². The zero-order valence-electron chi connectivity index (χ0n) is 11.9. The SMILES string of the molecule is COc1ccc(Br)cc1S(=O)(=O)NCC1(C(C)C)CC1. The van der Waals surface area contributed by atoms with Crippen molar-refractivity contribution in [2.24, 2.45) is 11.3 Å². The molecule has 0 atom stereocenters. The molecule has 1 aliphatic rings. The van der Waals surface area contributed by atoms with Gasteiger partial charge in [-0.2, -0.15) is 0 Å². The second-order valence-electron chi connectivity index (χ2n) is 5.64. The number of nitrogens with one attached hydrogen (secondary N) is 1. The summed E-state index contributed by atoms with van der Waals surface area (Å²) in [5, 5.41) is 0. The van der Waals surface area contributed by atoms with Gasteiger partial charge < -0.3 is 4.74 Å². The molecule has 112 valence electrons. The van der Waals surface area contributed by atoms with Crippen LogP contribution in [0.3, 0.4) is 0 Å². The number of benzene rings is 1. The summed E-state index contributed by atoms with van der Waals surface area (Å²) in [6.45, 7) is 4.77. The van der Waals surface area contributed by atoms with Crippen molar-refractivity contribution in [1.29, 1.82) is 0 Å². The molecular weight excluding hydrogens is 342 g/mol. The normalized spacial score (nSPS) is 17.2. The quantitative estimate of drug-likeness (QED) is 0.846. The van der Waals surface area contributed by atoms with Gasteiger partial charge in [0.1, 0.15) is 10.6 Å². The van der Waals surface area contributed by atoms with E-state index in [1.165, 1.54) is 7.11 Å². The molecule has 20 heavy (non-hydrogen) atoms. The number of ether oxygens (including phenoxy) is 1. The number of hydrogen-bond acceptors (Lipinski definition) is 3. The molecule has 0 radical (unpaired) electrons. The monoisotopic (exact) mass is 361 g/mol. The molecule has 1 N–H and O–H groups in total.